The average molecular weight is 294 g/mol. The Bertz CT molecular complexity index is 469. The largest absolute Gasteiger partial charge is 0.496 e. The molecule has 0 aliphatic rings. The standard InChI is InChI=1S/C16H22O5/c1-12(7-3-6-10-15(17)18)16(19)21-11-13-8-4-5-9-14(13)20-2/h4-5,8-9,12H,3,6-7,10-11H2,1-2H3,(H,17,18). The van der Waals surface area contributed by atoms with Gasteiger partial charge in [0.1, 0.15) is 12.4 Å². The van der Waals surface area contributed by atoms with Gasteiger partial charge in [-0.2, -0.15) is 0 Å². The third kappa shape index (κ3) is 6.29. The first-order chi connectivity index (χ1) is 10.0. The predicted octanol–water partition coefficient (Wildman–Crippen LogP) is 3.02. The summed E-state index contributed by atoms with van der Waals surface area (Å²) in [6, 6.07) is 7.39. The fraction of sp³-hybridized carbons (Fsp3) is 0.500. The van der Waals surface area contributed by atoms with Gasteiger partial charge in [-0.15, -0.1) is 0 Å². The van der Waals surface area contributed by atoms with Crippen LogP contribution in [0.3, 0.4) is 0 Å². The van der Waals surface area contributed by atoms with Crippen LogP contribution < -0.4 is 4.74 Å². The number of aliphatic carboxylic acids is 1. The van der Waals surface area contributed by atoms with Gasteiger partial charge in [-0.05, 0) is 18.9 Å². The average Bonchev–Trinajstić information content (AvgIpc) is 2.48. The number of carbonyl (C=O) groups is 2. The quantitative estimate of drug-likeness (QED) is 0.560. The van der Waals surface area contributed by atoms with E-state index in [1.165, 1.54) is 0 Å². The van der Waals surface area contributed by atoms with Crippen LogP contribution in [0.25, 0.3) is 0 Å². The molecule has 0 spiro atoms. The van der Waals surface area contributed by atoms with Crippen LogP contribution in [0.15, 0.2) is 24.3 Å². The third-order valence-corrected chi connectivity index (χ3v) is 3.24. The lowest BCUT2D eigenvalue weighted by Gasteiger charge is -2.12. The maximum Gasteiger partial charge on any atom is 0.308 e. The minimum Gasteiger partial charge on any atom is -0.496 e. The lowest BCUT2D eigenvalue weighted by atomic mass is 10.0. The predicted molar refractivity (Wildman–Crippen MR) is 78.1 cm³/mol. The number of esters is 1. The molecule has 0 amide bonds. The smallest absolute Gasteiger partial charge is 0.308 e. The van der Waals surface area contributed by atoms with Gasteiger partial charge in [-0.3, -0.25) is 9.59 Å². The highest BCUT2D eigenvalue weighted by Gasteiger charge is 2.15. The molecule has 5 nitrogen and oxygen atoms in total. The molecule has 0 aliphatic carbocycles. The van der Waals surface area contributed by atoms with Gasteiger partial charge in [-0.1, -0.05) is 31.5 Å². The summed E-state index contributed by atoms with van der Waals surface area (Å²) in [7, 11) is 1.58. The van der Waals surface area contributed by atoms with Crippen molar-refractivity contribution in [2.75, 3.05) is 7.11 Å². The molecular formula is C16H22O5. The van der Waals surface area contributed by atoms with E-state index >= 15 is 0 Å². The first-order valence-electron chi connectivity index (χ1n) is 7.05. The number of hydrogen-bond donors (Lipinski definition) is 1. The number of benzene rings is 1. The SMILES string of the molecule is COc1ccccc1COC(=O)C(C)CCCCC(=O)O. The van der Waals surface area contributed by atoms with Crippen molar-refractivity contribution in [3.05, 3.63) is 29.8 Å². The summed E-state index contributed by atoms with van der Waals surface area (Å²) in [6.07, 6.45) is 2.07. The molecule has 116 valence electrons. The molecule has 1 aromatic carbocycles. The highest BCUT2D eigenvalue weighted by molar-refractivity contribution is 5.72. The fourth-order valence-corrected chi connectivity index (χ4v) is 1.96. The topological polar surface area (TPSA) is 72.8 Å². The number of carboxylic acid groups (broad SMARTS) is 1. The Balaban J connectivity index is 2.34. The second-order valence-corrected chi connectivity index (χ2v) is 4.96. The van der Waals surface area contributed by atoms with Crippen molar-refractivity contribution >= 4 is 11.9 Å². The summed E-state index contributed by atoms with van der Waals surface area (Å²) in [4.78, 5) is 22.3. The van der Waals surface area contributed by atoms with E-state index in [4.69, 9.17) is 14.6 Å². The summed E-state index contributed by atoms with van der Waals surface area (Å²) in [6.45, 7) is 1.98. The highest BCUT2D eigenvalue weighted by Crippen LogP contribution is 2.19. The molecule has 1 rings (SSSR count). The van der Waals surface area contributed by atoms with Crippen molar-refractivity contribution in [3.8, 4) is 5.75 Å². The van der Waals surface area contributed by atoms with Gasteiger partial charge in [0.15, 0.2) is 0 Å². The van der Waals surface area contributed by atoms with Crippen molar-refractivity contribution in [2.45, 2.75) is 39.2 Å². The van der Waals surface area contributed by atoms with E-state index < -0.39 is 5.97 Å². The molecule has 21 heavy (non-hydrogen) atoms. The van der Waals surface area contributed by atoms with Gasteiger partial charge in [0, 0.05) is 12.0 Å². The Morgan fingerprint density at radius 3 is 2.62 bits per heavy atom. The molecule has 1 unspecified atom stereocenters. The van der Waals surface area contributed by atoms with E-state index in [-0.39, 0.29) is 24.9 Å². The molecule has 1 N–H and O–H groups in total. The maximum atomic E-state index is 11.9. The summed E-state index contributed by atoms with van der Waals surface area (Å²) < 4.78 is 10.5. The van der Waals surface area contributed by atoms with Crippen molar-refractivity contribution in [1.29, 1.82) is 0 Å². The van der Waals surface area contributed by atoms with Crippen LogP contribution in [0.5, 0.6) is 5.75 Å². The van der Waals surface area contributed by atoms with Crippen LogP contribution in [0.2, 0.25) is 0 Å². The molecule has 5 heteroatoms. The zero-order chi connectivity index (χ0) is 15.7. The molecule has 0 aromatic heterocycles. The van der Waals surface area contributed by atoms with Gasteiger partial charge >= 0.3 is 11.9 Å². The van der Waals surface area contributed by atoms with Crippen LogP contribution in [-0.2, 0) is 20.9 Å². The molecule has 0 saturated carbocycles. The maximum absolute atomic E-state index is 11.9. The number of unbranched alkanes of at least 4 members (excludes halogenated alkanes) is 1. The first kappa shape index (κ1) is 17.0. The van der Waals surface area contributed by atoms with Crippen LogP contribution in [0, 0.1) is 5.92 Å². The molecular weight excluding hydrogens is 272 g/mol. The zero-order valence-electron chi connectivity index (χ0n) is 12.5. The first-order valence-corrected chi connectivity index (χ1v) is 7.05. The van der Waals surface area contributed by atoms with E-state index in [0.717, 1.165) is 5.56 Å². The molecule has 1 aromatic rings. The van der Waals surface area contributed by atoms with Gasteiger partial charge in [0.25, 0.3) is 0 Å². The molecule has 0 aliphatic heterocycles. The molecule has 0 bridgehead atoms. The van der Waals surface area contributed by atoms with Gasteiger partial charge < -0.3 is 14.6 Å². The Morgan fingerprint density at radius 2 is 1.95 bits per heavy atom. The van der Waals surface area contributed by atoms with Gasteiger partial charge in [0.2, 0.25) is 0 Å². The lowest BCUT2D eigenvalue weighted by molar-refractivity contribution is -0.149. The van der Waals surface area contributed by atoms with Gasteiger partial charge in [0.05, 0.1) is 13.0 Å². The molecule has 1 atom stereocenters. The number of ether oxygens (including phenoxy) is 2. The Kier molecular flexibility index (Phi) is 7.29. The van der Waals surface area contributed by atoms with E-state index in [2.05, 4.69) is 0 Å². The second kappa shape index (κ2) is 9.00. The summed E-state index contributed by atoms with van der Waals surface area (Å²) in [5, 5.41) is 8.54. The molecule has 0 fully saturated rings. The van der Waals surface area contributed by atoms with Crippen LogP contribution >= 0.6 is 0 Å². The number of hydrogen-bond acceptors (Lipinski definition) is 4. The van der Waals surface area contributed by atoms with E-state index in [9.17, 15) is 9.59 Å². The molecule has 0 heterocycles. The monoisotopic (exact) mass is 294 g/mol. The number of carboxylic acids is 1. The fourth-order valence-electron chi connectivity index (χ4n) is 1.96. The zero-order valence-corrected chi connectivity index (χ0v) is 12.5. The normalized spacial score (nSPS) is 11.7. The third-order valence-electron chi connectivity index (χ3n) is 3.24. The lowest BCUT2D eigenvalue weighted by Crippen LogP contribution is -2.15. The Labute approximate surface area is 124 Å². The highest BCUT2D eigenvalue weighted by atomic mass is 16.5. The summed E-state index contributed by atoms with van der Waals surface area (Å²) >= 11 is 0. The van der Waals surface area contributed by atoms with E-state index in [1.54, 1.807) is 14.0 Å². The second-order valence-electron chi connectivity index (χ2n) is 4.96. The number of methoxy groups -OCH3 is 1. The van der Waals surface area contributed by atoms with Crippen molar-refractivity contribution < 1.29 is 24.2 Å². The van der Waals surface area contributed by atoms with Gasteiger partial charge in [-0.25, -0.2) is 0 Å². The summed E-state index contributed by atoms with van der Waals surface area (Å²) in [5.41, 5.74) is 0.825. The van der Waals surface area contributed by atoms with E-state index in [1.807, 2.05) is 24.3 Å². The minimum atomic E-state index is -0.804. The van der Waals surface area contributed by atoms with Crippen LogP contribution in [0.1, 0.15) is 38.2 Å². The van der Waals surface area contributed by atoms with Crippen molar-refractivity contribution in [2.24, 2.45) is 5.92 Å². The summed E-state index contributed by atoms with van der Waals surface area (Å²) in [5.74, 6) is -0.606. The van der Waals surface area contributed by atoms with Crippen LogP contribution in [0.4, 0.5) is 0 Å². The number of rotatable bonds is 9. The Hall–Kier alpha value is -2.04. The van der Waals surface area contributed by atoms with Crippen LogP contribution in [-0.4, -0.2) is 24.2 Å². The minimum absolute atomic E-state index is 0.142. The molecule has 0 saturated heterocycles. The van der Waals surface area contributed by atoms with Crippen molar-refractivity contribution in [1.82, 2.24) is 0 Å². The van der Waals surface area contributed by atoms with E-state index in [0.29, 0.717) is 25.0 Å². The number of carbonyl (C=O) groups excluding carboxylic acids is 1. The van der Waals surface area contributed by atoms with Crippen molar-refractivity contribution in [3.63, 3.8) is 0 Å². The Morgan fingerprint density at radius 1 is 1.24 bits per heavy atom. The molecule has 0 radical (unpaired) electrons. The number of para-hydroxylation sites is 1.